The number of hydrogen-bond acceptors (Lipinski definition) is 3. The molecule has 88 valence electrons. The van der Waals surface area contributed by atoms with E-state index in [4.69, 9.17) is 10.5 Å². The third-order valence-electron chi connectivity index (χ3n) is 2.21. The zero-order valence-electron chi connectivity index (χ0n) is 8.89. The van der Waals surface area contributed by atoms with Crippen molar-refractivity contribution >= 4 is 28.7 Å². The summed E-state index contributed by atoms with van der Waals surface area (Å²) in [5.41, 5.74) is 5.66. The van der Waals surface area contributed by atoms with E-state index in [1.54, 1.807) is 6.07 Å². The van der Waals surface area contributed by atoms with Gasteiger partial charge in [0, 0.05) is 3.57 Å². The molecule has 0 unspecified atom stereocenters. The molecule has 0 radical (unpaired) electrons. The zero-order chi connectivity index (χ0) is 12.1. The normalized spacial score (nSPS) is 14.2. The Kier molecular flexibility index (Phi) is 5.01. The van der Waals surface area contributed by atoms with Crippen molar-refractivity contribution in [3.8, 4) is 0 Å². The molecule has 0 fully saturated rings. The van der Waals surface area contributed by atoms with Crippen LogP contribution in [0.15, 0.2) is 24.3 Å². The Morgan fingerprint density at radius 1 is 1.62 bits per heavy atom. The van der Waals surface area contributed by atoms with Crippen LogP contribution in [0.2, 0.25) is 0 Å². The maximum absolute atomic E-state index is 10.7. The maximum atomic E-state index is 10.7. The average molecular weight is 335 g/mol. The summed E-state index contributed by atoms with van der Waals surface area (Å²) in [7, 11) is 0. The topological polar surface area (TPSA) is 72.5 Å². The Morgan fingerprint density at radius 3 is 2.81 bits per heavy atom. The maximum Gasteiger partial charge on any atom is 0.404 e. The quantitative estimate of drug-likeness (QED) is 0.829. The molecule has 1 aromatic rings. The molecular weight excluding hydrogens is 321 g/mol. The van der Waals surface area contributed by atoms with Crippen molar-refractivity contribution in [3.63, 3.8) is 0 Å². The highest BCUT2D eigenvalue weighted by Gasteiger charge is 2.22. The van der Waals surface area contributed by atoms with Crippen molar-refractivity contribution in [1.29, 1.82) is 0 Å². The van der Waals surface area contributed by atoms with Gasteiger partial charge in [0.1, 0.15) is 12.2 Å². The molecule has 16 heavy (non-hydrogen) atoms. The molecule has 0 aliphatic rings. The molecule has 1 aromatic carbocycles. The molecule has 5 heteroatoms. The van der Waals surface area contributed by atoms with E-state index in [9.17, 15) is 9.90 Å². The number of aliphatic hydroxyl groups excluding tert-OH is 1. The molecule has 2 atom stereocenters. The van der Waals surface area contributed by atoms with Crippen LogP contribution in [-0.2, 0) is 4.74 Å². The van der Waals surface area contributed by atoms with Gasteiger partial charge in [0.15, 0.2) is 0 Å². The molecule has 0 heterocycles. The lowest BCUT2D eigenvalue weighted by Crippen LogP contribution is -2.27. The van der Waals surface area contributed by atoms with E-state index in [0.29, 0.717) is 6.42 Å². The van der Waals surface area contributed by atoms with Crippen LogP contribution >= 0.6 is 22.6 Å². The fraction of sp³-hybridized carbons (Fsp3) is 0.364. The number of halogens is 1. The second-order valence-corrected chi connectivity index (χ2v) is 4.63. The number of benzene rings is 1. The summed E-state index contributed by atoms with van der Waals surface area (Å²) >= 11 is 2.16. The van der Waals surface area contributed by atoms with Crippen LogP contribution < -0.4 is 5.73 Å². The van der Waals surface area contributed by atoms with Crippen LogP contribution in [0.1, 0.15) is 25.0 Å². The van der Waals surface area contributed by atoms with Crippen molar-refractivity contribution < 1.29 is 14.6 Å². The number of carbonyl (C=O) groups is 1. The summed E-state index contributed by atoms with van der Waals surface area (Å²) in [6, 6.07) is 7.40. The van der Waals surface area contributed by atoms with Crippen molar-refractivity contribution in [2.45, 2.75) is 25.6 Å². The van der Waals surface area contributed by atoms with Gasteiger partial charge in [0.2, 0.25) is 0 Å². The molecular formula is C11H14INO3. The van der Waals surface area contributed by atoms with E-state index >= 15 is 0 Å². The van der Waals surface area contributed by atoms with Crippen molar-refractivity contribution in [2.24, 2.45) is 5.73 Å². The van der Waals surface area contributed by atoms with E-state index < -0.39 is 18.3 Å². The smallest absolute Gasteiger partial charge is 0.404 e. The largest absolute Gasteiger partial charge is 0.443 e. The van der Waals surface area contributed by atoms with E-state index in [1.807, 2.05) is 25.1 Å². The van der Waals surface area contributed by atoms with Gasteiger partial charge in [-0.05, 0) is 46.7 Å². The first-order valence-corrected chi connectivity index (χ1v) is 6.02. The van der Waals surface area contributed by atoms with E-state index in [0.717, 1.165) is 9.13 Å². The minimum Gasteiger partial charge on any atom is -0.443 e. The van der Waals surface area contributed by atoms with Crippen LogP contribution in [0.4, 0.5) is 4.79 Å². The van der Waals surface area contributed by atoms with E-state index in [1.165, 1.54) is 0 Å². The minimum atomic E-state index is -0.864. The molecule has 0 aliphatic heterocycles. The summed E-state index contributed by atoms with van der Waals surface area (Å²) in [5.74, 6) is 0. The summed E-state index contributed by atoms with van der Waals surface area (Å²) in [5, 5.41) is 10.0. The lowest BCUT2D eigenvalue weighted by Gasteiger charge is -2.21. The highest BCUT2D eigenvalue weighted by molar-refractivity contribution is 14.1. The summed E-state index contributed by atoms with van der Waals surface area (Å²) in [6.45, 7) is 1.82. The van der Waals surface area contributed by atoms with Gasteiger partial charge in [-0.3, -0.25) is 0 Å². The molecule has 1 amide bonds. The van der Waals surface area contributed by atoms with Crippen LogP contribution in [0.3, 0.4) is 0 Å². The lowest BCUT2D eigenvalue weighted by atomic mass is 10.0. The first-order chi connectivity index (χ1) is 7.54. The minimum absolute atomic E-state index is 0.510. The monoisotopic (exact) mass is 335 g/mol. The van der Waals surface area contributed by atoms with Crippen LogP contribution in [-0.4, -0.2) is 17.3 Å². The Bertz CT molecular complexity index is 370. The standard InChI is InChI=1S/C11H14INO3/c1-2-9(16-11(13)15)10(14)7-4-3-5-8(12)6-7/h3-6,9-10,14H,2H2,1H3,(H2,13,15)/t9-,10-/m1/s1. The number of carbonyl (C=O) groups excluding carboxylic acids is 1. The van der Waals surface area contributed by atoms with Gasteiger partial charge in [-0.25, -0.2) is 4.79 Å². The number of primary amides is 1. The first-order valence-electron chi connectivity index (χ1n) is 4.94. The number of ether oxygens (including phenoxy) is 1. The van der Waals surface area contributed by atoms with E-state index in [2.05, 4.69) is 22.6 Å². The molecule has 0 spiro atoms. The molecule has 4 nitrogen and oxygen atoms in total. The average Bonchev–Trinajstić information content (AvgIpc) is 2.24. The highest BCUT2D eigenvalue weighted by atomic mass is 127. The number of amides is 1. The Labute approximate surface area is 108 Å². The van der Waals surface area contributed by atoms with Crippen molar-refractivity contribution in [2.75, 3.05) is 0 Å². The van der Waals surface area contributed by atoms with Gasteiger partial charge < -0.3 is 15.6 Å². The fourth-order valence-corrected chi connectivity index (χ4v) is 1.99. The molecule has 0 saturated carbocycles. The Balaban J connectivity index is 2.82. The predicted octanol–water partition coefficient (Wildman–Crippen LogP) is 2.20. The molecule has 0 aliphatic carbocycles. The molecule has 3 N–H and O–H groups in total. The summed E-state index contributed by atoms with van der Waals surface area (Å²) in [4.78, 5) is 10.7. The molecule has 0 aromatic heterocycles. The fourth-order valence-electron chi connectivity index (χ4n) is 1.43. The number of rotatable bonds is 4. The number of hydrogen-bond donors (Lipinski definition) is 2. The second kappa shape index (κ2) is 6.05. The van der Waals surface area contributed by atoms with Gasteiger partial charge in [-0.1, -0.05) is 19.1 Å². The van der Waals surface area contributed by atoms with Gasteiger partial charge in [0.25, 0.3) is 0 Å². The number of nitrogens with two attached hydrogens (primary N) is 1. The molecule has 1 rings (SSSR count). The third-order valence-corrected chi connectivity index (χ3v) is 2.88. The summed E-state index contributed by atoms with van der Waals surface area (Å²) < 4.78 is 5.86. The zero-order valence-corrected chi connectivity index (χ0v) is 11.0. The Morgan fingerprint density at radius 2 is 2.31 bits per heavy atom. The van der Waals surface area contributed by atoms with Gasteiger partial charge >= 0.3 is 6.09 Å². The van der Waals surface area contributed by atoms with Crippen LogP contribution in [0.5, 0.6) is 0 Å². The van der Waals surface area contributed by atoms with Gasteiger partial charge in [0.05, 0.1) is 0 Å². The first kappa shape index (κ1) is 13.2. The SMILES string of the molecule is CC[C@@H](OC(N)=O)[C@H](O)c1cccc(I)c1. The molecule has 0 bridgehead atoms. The van der Waals surface area contributed by atoms with Gasteiger partial charge in [-0.15, -0.1) is 0 Å². The van der Waals surface area contributed by atoms with Crippen LogP contribution in [0.25, 0.3) is 0 Å². The predicted molar refractivity (Wildman–Crippen MR) is 68.9 cm³/mol. The highest BCUT2D eigenvalue weighted by Crippen LogP contribution is 2.22. The second-order valence-electron chi connectivity index (χ2n) is 3.38. The Hall–Kier alpha value is -0.820. The third kappa shape index (κ3) is 3.64. The van der Waals surface area contributed by atoms with Crippen molar-refractivity contribution in [1.82, 2.24) is 0 Å². The molecule has 0 saturated heterocycles. The van der Waals surface area contributed by atoms with Gasteiger partial charge in [-0.2, -0.15) is 0 Å². The van der Waals surface area contributed by atoms with Crippen LogP contribution in [0, 0.1) is 3.57 Å². The lowest BCUT2D eigenvalue weighted by molar-refractivity contribution is 0.00334. The van der Waals surface area contributed by atoms with Crippen molar-refractivity contribution in [3.05, 3.63) is 33.4 Å². The number of aliphatic hydroxyl groups is 1. The summed E-state index contributed by atoms with van der Waals surface area (Å²) in [6.07, 6.45) is -1.80. The van der Waals surface area contributed by atoms with E-state index in [-0.39, 0.29) is 0 Å².